The molecule has 4 heteroatoms. The first kappa shape index (κ1) is 9.65. The van der Waals surface area contributed by atoms with Crippen molar-refractivity contribution in [3.05, 3.63) is 11.7 Å². The summed E-state index contributed by atoms with van der Waals surface area (Å²) in [6.07, 6.45) is 3.01. The van der Waals surface area contributed by atoms with Gasteiger partial charge in [-0.25, -0.2) is 0 Å². The smallest absolute Gasteiger partial charge is 0.226 e. The summed E-state index contributed by atoms with van der Waals surface area (Å²) in [5, 5.41) is 7.41. The van der Waals surface area contributed by atoms with Crippen molar-refractivity contribution in [3.8, 4) is 0 Å². The van der Waals surface area contributed by atoms with Gasteiger partial charge in [-0.2, -0.15) is 4.98 Å². The van der Waals surface area contributed by atoms with Crippen molar-refractivity contribution < 1.29 is 4.52 Å². The van der Waals surface area contributed by atoms with Crippen LogP contribution in [0.3, 0.4) is 0 Å². The fraction of sp³-hybridized carbons (Fsp3) is 0.800. The molecule has 2 rings (SSSR count). The van der Waals surface area contributed by atoms with Gasteiger partial charge in [-0.15, -0.1) is 0 Å². The Morgan fingerprint density at radius 2 is 2.14 bits per heavy atom. The van der Waals surface area contributed by atoms with Crippen LogP contribution >= 0.6 is 0 Å². The number of nitrogens with one attached hydrogen (secondary N) is 1. The molecule has 0 amide bonds. The first-order chi connectivity index (χ1) is 6.74. The second-order valence-electron chi connectivity index (χ2n) is 4.18. The third-order valence-corrected chi connectivity index (χ3v) is 3.02. The molecule has 4 nitrogen and oxygen atoms in total. The molecule has 0 radical (unpaired) electrons. The molecular weight excluding hydrogens is 178 g/mol. The predicted octanol–water partition coefficient (Wildman–Crippen LogP) is 1.27. The highest BCUT2D eigenvalue weighted by Crippen LogP contribution is 2.30. The maximum Gasteiger partial charge on any atom is 0.226 e. The summed E-state index contributed by atoms with van der Waals surface area (Å²) < 4.78 is 5.15. The minimum absolute atomic E-state index is 0.113. The molecule has 1 aliphatic rings. The Hall–Kier alpha value is -0.900. The Morgan fingerprint density at radius 3 is 2.71 bits per heavy atom. The van der Waals surface area contributed by atoms with Gasteiger partial charge in [0.2, 0.25) is 5.89 Å². The monoisotopic (exact) mass is 195 g/mol. The standard InChI is InChI=1S/C10H17N3O/c1-3-8-12-9(13-14-8)10(2)4-6-11-7-5-10/h11H,3-7H2,1-2H3. The minimum Gasteiger partial charge on any atom is -0.339 e. The van der Waals surface area contributed by atoms with Crippen LogP contribution < -0.4 is 5.32 Å². The molecule has 0 bridgehead atoms. The van der Waals surface area contributed by atoms with E-state index in [1.807, 2.05) is 6.92 Å². The highest BCUT2D eigenvalue weighted by Gasteiger charge is 2.33. The van der Waals surface area contributed by atoms with Gasteiger partial charge in [0.25, 0.3) is 0 Å². The third kappa shape index (κ3) is 1.66. The number of nitrogens with zero attached hydrogens (tertiary/aromatic N) is 2. The average Bonchev–Trinajstić information content (AvgIpc) is 2.67. The van der Waals surface area contributed by atoms with E-state index < -0.39 is 0 Å². The first-order valence-corrected chi connectivity index (χ1v) is 5.28. The van der Waals surface area contributed by atoms with Crippen molar-refractivity contribution >= 4 is 0 Å². The second-order valence-corrected chi connectivity index (χ2v) is 4.18. The van der Waals surface area contributed by atoms with Gasteiger partial charge in [-0.1, -0.05) is 19.0 Å². The van der Waals surface area contributed by atoms with E-state index in [9.17, 15) is 0 Å². The fourth-order valence-corrected chi connectivity index (χ4v) is 1.85. The molecule has 1 aromatic rings. The van der Waals surface area contributed by atoms with E-state index in [2.05, 4.69) is 22.4 Å². The molecule has 0 spiro atoms. The van der Waals surface area contributed by atoms with E-state index in [1.165, 1.54) is 0 Å². The molecule has 0 unspecified atom stereocenters. The van der Waals surface area contributed by atoms with Gasteiger partial charge in [0.05, 0.1) is 0 Å². The van der Waals surface area contributed by atoms with Crippen molar-refractivity contribution in [1.82, 2.24) is 15.5 Å². The Morgan fingerprint density at radius 1 is 1.43 bits per heavy atom. The Balaban J connectivity index is 2.19. The molecule has 0 aliphatic carbocycles. The molecule has 1 aliphatic heterocycles. The molecule has 1 saturated heterocycles. The van der Waals surface area contributed by atoms with Gasteiger partial charge < -0.3 is 9.84 Å². The maximum atomic E-state index is 5.15. The lowest BCUT2D eigenvalue weighted by atomic mass is 9.80. The van der Waals surface area contributed by atoms with E-state index in [4.69, 9.17) is 4.52 Å². The van der Waals surface area contributed by atoms with Crippen LogP contribution in [0.1, 0.15) is 38.4 Å². The molecule has 0 saturated carbocycles. The van der Waals surface area contributed by atoms with Crippen molar-refractivity contribution in [1.29, 1.82) is 0 Å². The normalized spacial score (nSPS) is 21.0. The van der Waals surface area contributed by atoms with Gasteiger partial charge in [0.15, 0.2) is 5.82 Å². The maximum absolute atomic E-state index is 5.15. The summed E-state index contributed by atoms with van der Waals surface area (Å²) in [6, 6.07) is 0. The van der Waals surface area contributed by atoms with Crippen LogP contribution in [0.25, 0.3) is 0 Å². The van der Waals surface area contributed by atoms with Crippen LogP contribution in [-0.4, -0.2) is 23.2 Å². The molecular formula is C10H17N3O. The average molecular weight is 195 g/mol. The van der Waals surface area contributed by atoms with Gasteiger partial charge in [0, 0.05) is 11.8 Å². The van der Waals surface area contributed by atoms with Gasteiger partial charge in [-0.05, 0) is 25.9 Å². The zero-order valence-electron chi connectivity index (χ0n) is 8.84. The number of aryl methyl sites for hydroxylation is 1. The summed E-state index contributed by atoms with van der Waals surface area (Å²) in [7, 11) is 0. The van der Waals surface area contributed by atoms with E-state index in [-0.39, 0.29) is 5.41 Å². The Kier molecular flexibility index (Phi) is 2.54. The predicted molar refractivity (Wildman–Crippen MR) is 53.1 cm³/mol. The fourth-order valence-electron chi connectivity index (χ4n) is 1.85. The number of aromatic nitrogens is 2. The minimum atomic E-state index is 0.113. The molecule has 78 valence electrons. The topological polar surface area (TPSA) is 51.0 Å². The Labute approximate surface area is 84.1 Å². The van der Waals surface area contributed by atoms with Gasteiger partial charge >= 0.3 is 0 Å². The zero-order chi connectivity index (χ0) is 10.0. The van der Waals surface area contributed by atoms with Crippen molar-refractivity contribution in [2.75, 3.05) is 13.1 Å². The van der Waals surface area contributed by atoms with Crippen LogP contribution in [0.4, 0.5) is 0 Å². The van der Waals surface area contributed by atoms with E-state index in [0.29, 0.717) is 0 Å². The summed E-state index contributed by atoms with van der Waals surface area (Å²) in [5.74, 6) is 1.63. The van der Waals surface area contributed by atoms with E-state index in [1.54, 1.807) is 0 Å². The van der Waals surface area contributed by atoms with Crippen molar-refractivity contribution in [3.63, 3.8) is 0 Å². The summed E-state index contributed by atoms with van der Waals surface area (Å²) in [5.41, 5.74) is 0.113. The van der Waals surface area contributed by atoms with Crippen LogP contribution in [-0.2, 0) is 11.8 Å². The summed E-state index contributed by atoms with van der Waals surface area (Å²) in [6.45, 7) is 6.35. The van der Waals surface area contributed by atoms with Crippen LogP contribution in [0.5, 0.6) is 0 Å². The zero-order valence-corrected chi connectivity index (χ0v) is 8.84. The quantitative estimate of drug-likeness (QED) is 0.772. The molecule has 1 N–H and O–H groups in total. The van der Waals surface area contributed by atoms with Gasteiger partial charge in [-0.3, -0.25) is 0 Å². The van der Waals surface area contributed by atoms with Crippen LogP contribution in [0.2, 0.25) is 0 Å². The first-order valence-electron chi connectivity index (χ1n) is 5.28. The van der Waals surface area contributed by atoms with E-state index >= 15 is 0 Å². The van der Waals surface area contributed by atoms with E-state index in [0.717, 1.165) is 44.1 Å². The lowest BCUT2D eigenvalue weighted by Gasteiger charge is -2.30. The van der Waals surface area contributed by atoms with Crippen LogP contribution in [0.15, 0.2) is 4.52 Å². The molecule has 0 aromatic carbocycles. The number of rotatable bonds is 2. The third-order valence-electron chi connectivity index (χ3n) is 3.02. The number of hydrogen-bond acceptors (Lipinski definition) is 4. The second kappa shape index (κ2) is 3.69. The lowest BCUT2D eigenvalue weighted by molar-refractivity contribution is 0.299. The molecule has 2 heterocycles. The summed E-state index contributed by atoms with van der Waals surface area (Å²) in [4.78, 5) is 4.42. The molecule has 1 fully saturated rings. The van der Waals surface area contributed by atoms with Crippen LogP contribution in [0, 0.1) is 0 Å². The number of piperidine rings is 1. The lowest BCUT2D eigenvalue weighted by Crippen LogP contribution is -2.38. The largest absolute Gasteiger partial charge is 0.339 e. The molecule has 1 aromatic heterocycles. The SMILES string of the molecule is CCc1nc(C2(C)CCNCC2)no1. The molecule has 14 heavy (non-hydrogen) atoms. The van der Waals surface area contributed by atoms with Gasteiger partial charge in [0.1, 0.15) is 0 Å². The number of hydrogen-bond donors (Lipinski definition) is 1. The van der Waals surface area contributed by atoms with Crippen molar-refractivity contribution in [2.45, 2.75) is 38.5 Å². The highest BCUT2D eigenvalue weighted by molar-refractivity contribution is 5.06. The highest BCUT2D eigenvalue weighted by atomic mass is 16.5. The Bertz CT molecular complexity index is 302. The van der Waals surface area contributed by atoms with Crippen molar-refractivity contribution in [2.24, 2.45) is 0 Å². The molecule has 0 atom stereocenters. The summed E-state index contributed by atoms with van der Waals surface area (Å²) >= 11 is 0.